The fourth-order valence-electron chi connectivity index (χ4n) is 2.06. The Labute approximate surface area is 169 Å². The van der Waals surface area contributed by atoms with E-state index in [1.165, 1.54) is 0 Å². The van der Waals surface area contributed by atoms with Gasteiger partial charge in [0.25, 0.3) is 0 Å². The van der Waals surface area contributed by atoms with Gasteiger partial charge in [-0.25, -0.2) is 9.98 Å². The molecular formula is C15H26IN7OS. The number of likely N-dealkylation sites (N-methyl/N-ethyl adjacent to an activating group) is 1. The quantitative estimate of drug-likeness (QED) is 0.267. The smallest absolute Gasteiger partial charge is 0.194 e. The molecule has 0 aliphatic rings. The van der Waals surface area contributed by atoms with Gasteiger partial charge in [-0.05, 0) is 6.92 Å². The van der Waals surface area contributed by atoms with Gasteiger partial charge < -0.3 is 19.5 Å². The number of nitrogens with zero attached hydrogens (tertiary/aromatic N) is 6. The molecule has 25 heavy (non-hydrogen) atoms. The number of aromatic nitrogens is 4. The molecule has 1 N–H and O–H groups in total. The van der Waals surface area contributed by atoms with Crippen molar-refractivity contribution in [3.63, 3.8) is 0 Å². The molecule has 0 aromatic carbocycles. The topological polar surface area (TPSA) is 80.5 Å². The molecule has 0 fully saturated rings. The van der Waals surface area contributed by atoms with E-state index in [2.05, 4.69) is 30.4 Å². The van der Waals surface area contributed by atoms with Crippen molar-refractivity contribution in [1.29, 1.82) is 0 Å². The lowest BCUT2D eigenvalue weighted by Gasteiger charge is -2.22. The normalized spacial score (nSPS) is 11.3. The van der Waals surface area contributed by atoms with Crippen molar-refractivity contribution in [2.45, 2.75) is 19.9 Å². The van der Waals surface area contributed by atoms with Crippen molar-refractivity contribution in [3.05, 3.63) is 28.2 Å². The number of rotatable bonds is 8. The monoisotopic (exact) mass is 479 g/mol. The SMILES string of the molecule is COCCNC(=NCc1nnc(C)n1C)N(C)CCc1nccs1.I. The third-order valence-corrected chi connectivity index (χ3v) is 4.49. The number of guanidine groups is 1. The Morgan fingerprint density at radius 3 is 2.84 bits per heavy atom. The van der Waals surface area contributed by atoms with E-state index in [0.29, 0.717) is 19.7 Å². The molecule has 2 rings (SSSR count). The number of aliphatic imine (C=N–C) groups is 1. The number of methoxy groups -OCH3 is 1. The number of hydrogen-bond donors (Lipinski definition) is 1. The summed E-state index contributed by atoms with van der Waals surface area (Å²) in [4.78, 5) is 11.1. The highest BCUT2D eigenvalue weighted by Gasteiger charge is 2.09. The van der Waals surface area contributed by atoms with Crippen LogP contribution < -0.4 is 5.32 Å². The average molecular weight is 479 g/mol. The molecule has 2 aromatic rings. The largest absolute Gasteiger partial charge is 0.383 e. The van der Waals surface area contributed by atoms with Gasteiger partial charge in [0.1, 0.15) is 12.4 Å². The molecule has 2 aromatic heterocycles. The highest BCUT2D eigenvalue weighted by molar-refractivity contribution is 14.0. The molecule has 0 amide bonds. The van der Waals surface area contributed by atoms with Crippen LogP contribution in [0, 0.1) is 6.92 Å². The van der Waals surface area contributed by atoms with Gasteiger partial charge >= 0.3 is 0 Å². The van der Waals surface area contributed by atoms with Crippen LogP contribution in [0.25, 0.3) is 0 Å². The van der Waals surface area contributed by atoms with E-state index >= 15 is 0 Å². The van der Waals surface area contributed by atoms with Crippen molar-refractivity contribution in [2.75, 3.05) is 33.9 Å². The first-order chi connectivity index (χ1) is 11.6. The third-order valence-electron chi connectivity index (χ3n) is 3.65. The first-order valence-corrected chi connectivity index (χ1v) is 8.71. The number of ether oxygens (including phenoxy) is 1. The van der Waals surface area contributed by atoms with Crippen LogP contribution in [0.1, 0.15) is 16.7 Å². The highest BCUT2D eigenvalue weighted by Crippen LogP contribution is 2.06. The van der Waals surface area contributed by atoms with Crippen LogP contribution in [0.15, 0.2) is 16.6 Å². The zero-order valence-corrected chi connectivity index (χ0v) is 18.2. The van der Waals surface area contributed by atoms with Gasteiger partial charge in [0.15, 0.2) is 11.8 Å². The third kappa shape index (κ3) is 6.86. The van der Waals surface area contributed by atoms with Gasteiger partial charge in [-0.1, -0.05) is 0 Å². The van der Waals surface area contributed by atoms with Gasteiger partial charge in [-0.2, -0.15) is 0 Å². The molecule has 0 unspecified atom stereocenters. The predicted octanol–water partition coefficient (Wildman–Crippen LogP) is 1.46. The number of halogens is 1. The van der Waals surface area contributed by atoms with Crippen molar-refractivity contribution in [2.24, 2.45) is 12.0 Å². The van der Waals surface area contributed by atoms with E-state index in [-0.39, 0.29) is 24.0 Å². The van der Waals surface area contributed by atoms with Crippen LogP contribution >= 0.6 is 35.3 Å². The second-order valence-corrected chi connectivity index (χ2v) is 6.36. The lowest BCUT2D eigenvalue weighted by molar-refractivity contribution is 0.203. The zero-order chi connectivity index (χ0) is 17.4. The van der Waals surface area contributed by atoms with Crippen molar-refractivity contribution in [1.82, 2.24) is 30.0 Å². The first-order valence-electron chi connectivity index (χ1n) is 7.83. The maximum absolute atomic E-state index is 5.11. The van der Waals surface area contributed by atoms with Gasteiger partial charge in [0.2, 0.25) is 0 Å². The van der Waals surface area contributed by atoms with Crippen LogP contribution in [-0.2, 0) is 24.8 Å². The van der Waals surface area contributed by atoms with Crippen LogP contribution in [0.5, 0.6) is 0 Å². The van der Waals surface area contributed by atoms with E-state index in [4.69, 9.17) is 4.74 Å². The molecule has 2 heterocycles. The molecule has 0 aliphatic heterocycles. The van der Waals surface area contributed by atoms with E-state index < -0.39 is 0 Å². The molecule has 0 radical (unpaired) electrons. The highest BCUT2D eigenvalue weighted by atomic mass is 127. The molecule has 0 spiro atoms. The van der Waals surface area contributed by atoms with E-state index in [9.17, 15) is 0 Å². The molecule has 0 saturated heterocycles. The lowest BCUT2D eigenvalue weighted by atomic mass is 10.4. The molecule has 0 aliphatic carbocycles. The molecule has 0 atom stereocenters. The minimum absolute atomic E-state index is 0. The predicted molar refractivity (Wildman–Crippen MR) is 111 cm³/mol. The molecule has 140 valence electrons. The van der Waals surface area contributed by atoms with Crippen molar-refractivity contribution < 1.29 is 4.74 Å². The van der Waals surface area contributed by atoms with E-state index in [1.54, 1.807) is 18.4 Å². The number of thiazole rings is 1. The van der Waals surface area contributed by atoms with E-state index in [0.717, 1.165) is 35.6 Å². The minimum atomic E-state index is 0. The zero-order valence-electron chi connectivity index (χ0n) is 15.1. The number of nitrogens with one attached hydrogen (secondary N) is 1. The van der Waals surface area contributed by atoms with Crippen LogP contribution in [0.3, 0.4) is 0 Å². The first kappa shape index (κ1) is 21.8. The standard InChI is InChI=1S/C15H25N7OS.HI/c1-12-19-20-13(22(12)3)11-18-15(17-6-9-23-4)21(2)8-5-14-16-7-10-24-14;/h7,10H,5-6,8-9,11H2,1-4H3,(H,17,18);1H. The van der Waals surface area contributed by atoms with Gasteiger partial charge in [-0.15, -0.1) is 45.5 Å². The Morgan fingerprint density at radius 2 is 2.24 bits per heavy atom. The summed E-state index contributed by atoms with van der Waals surface area (Å²) < 4.78 is 7.06. The fourth-order valence-corrected chi connectivity index (χ4v) is 2.67. The van der Waals surface area contributed by atoms with Gasteiger partial charge in [0.05, 0.1) is 11.6 Å². The van der Waals surface area contributed by atoms with Crippen molar-refractivity contribution >= 4 is 41.3 Å². The summed E-state index contributed by atoms with van der Waals surface area (Å²) in [5.41, 5.74) is 0. The number of hydrogen-bond acceptors (Lipinski definition) is 6. The summed E-state index contributed by atoms with van der Waals surface area (Å²) in [6, 6.07) is 0. The molecule has 0 saturated carbocycles. The molecule has 0 bridgehead atoms. The second-order valence-electron chi connectivity index (χ2n) is 5.38. The maximum atomic E-state index is 5.11. The second kappa shape index (κ2) is 11.4. The van der Waals surface area contributed by atoms with Crippen molar-refractivity contribution in [3.8, 4) is 0 Å². The minimum Gasteiger partial charge on any atom is -0.383 e. The van der Waals surface area contributed by atoms with Gasteiger partial charge in [-0.3, -0.25) is 0 Å². The Morgan fingerprint density at radius 1 is 1.44 bits per heavy atom. The Balaban J connectivity index is 0.00000312. The summed E-state index contributed by atoms with van der Waals surface area (Å²) in [7, 11) is 5.66. The average Bonchev–Trinajstić information content (AvgIpc) is 3.20. The summed E-state index contributed by atoms with van der Waals surface area (Å²) >= 11 is 1.67. The van der Waals surface area contributed by atoms with Crippen LogP contribution in [0.2, 0.25) is 0 Å². The fraction of sp³-hybridized carbons (Fsp3) is 0.600. The maximum Gasteiger partial charge on any atom is 0.194 e. The van der Waals surface area contributed by atoms with Crippen LogP contribution in [0.4, 0.5) is 0 Å². The molecule has 8 nitrogen and oxygen atoms in total. The van der Waals surface area contributed by atoms with Gasteiger partial charge in [0, 0.05) is 52.3 Å². The lowest BCUT2D eigenvalue weighted by Crippen LogP contribution is -2.41. The Kier molecular flexibility index (Phi) is 9.90. The Bertz CT molecular complexity index is 644. The summed E-state index contributed by atoms with van der Waals surface area (Å²) in [6.45, 7) is 4.58. The van der Waals surface area contributed by atoms with E-state index in [1.807, 2.05) is 37.2 Å². The summed E-state index contributed by atoms with van der Waals surface area (Å²) in [5, 5.41) is 14.7. The molecule has 10 heteroatoms. The Hall–Kier alpha value is -1.27. The van der Waals surface area contributed by atoms with Crippen LogP contribution in [-0.4, -0.2) is 64.5 Å². The summed E-state index contributed by atoms with van der Waals surface area (Å²) in [5.74, 6) is 2.54. The summed E-state index contributed by atoms with van der Waals surface area (Å²) in [6.07, 6.45) is 2.73. The number of aryl methyl sites for hydroxylation is 1. The molecular weight excluding hydrogens is 453 g/mol.